The van der Waals surface area contributed by atoms with E-state index in [0.29, 0.717) is 26.2 Å². The number of aryl methyl sites for hydroxylation is 1. The van der Waals surface area contributed by atoms with Crippen LogP contribution in [0.5, 0.6) is 0 Å². The number of sulfonamides is 1. The maximum atomic E-state index is 12.4. The fraction of sp³-hybridized carbons (Fsp3) is 0.143. The van der Waals surface area contributed by atoms with Gasteiger partial charge >= 0.3 is 0 Å². The molecule has 0 fully saturated rings. The summed E-state index contributed by atoms with van der Waals surface area (Å²) in [6.07, 6.45) is 0. The molecule has 0 radical (unpaired) electrons. The maximum Gasteiger partial charge on any atom is 0.242 e. The highest BCUT2D eigenvalue weighted by Crippen LogP contribution is 2.28. The second kappa shape index (κ2) is 6.95. The first-order valence-electron chi connectivity index (χ1n) is 6.10. The van der Waals surface area contributed by atoms with Gasteiger partial charge in [0.25, 0.3) is 0 Å². The molecular weight excluding hydrogens is 388 g/mol. The van der Waals surface area contributed by atoms with E-state index in [2.05, 4.69) is 4.72 Å². The third-order valence-electron chi connectivity index (χ3n) is 2.97. The zero-order valence-corrected chi connectivity index (χ0v) is 15.2. The van der Waals surface area contributed by atoms with Crippen LogP contribution in [0.1, 0.15) is 11.1 Å². The fourth-order valence-corrected chi connectivity index (χ4v) is 4.06. The predicted molar refractivity (Wildman–Crippen MR) is 91.7 cm³/mol. The molecular formula is C14H11Cl4NO2S. The summed E-state index contributed by atoms with van der Waals surface area (Å²) in [5, 5.41) is 1.33. The van der Waals surface area contributed by atoms with E-state index in [1.165, 1.54) is 12.1 Å². The number of nitrogens with one attached hydrogen (secondary N) is 1. The third kappa shape index (κ3) is 4.07. The van der Waals surface area contributed by atoms with Gasteiger partial charge in [-0.2, -0.15) is 0 Å². The molecule has 118 valence electrons. The summed E-state index contributed by atoms with van der Waals surface area (Å²) < 4.78 is 27.2. The SMILES string of the molecule is Cc1cc(S(=O)(=O)NCc2ccc(Cl)cc2Cl)c(Cl)cc1Cl. The highest BCUT2D eigenvalue weighted by molar-refractivity contribution is 7.89. The molecule has 0 amide bonds. The third-order valence-corrected chi connectivity index (χ3v) is 5.83. The van der Waals surface area contributed by atoms with Crippen LogP contribution in [0.2, 0.25) is 20.1 Å². The van der Waals surface area contributed by atoms with Crippen LogP contribution in [-0.2, 0) is 16.6 Å². The molecule has 0 saturated heterocycles. The van der Waals surface area contributed by atoms with Crippen LogP contribution < -0.4 is 4.72 Å². The van der Waals surface area contributed by atoms with Crippen molar-refractivity contribution in [3.05, 3.63) is 61.5 Å². The quantitative estimate of drug-likeness (QED) is 0.779. The molecule has 0 aliphatic heterocycles. The van der Waals surface area contributed by atoms with Crippen molar-refractivity contribution in [2.24, 2.45) is 0 Å². The number of benzene rings is 2. The first-order chi connectivity index (χ1) is 10.2. The maximum absolute atomic E-state index is 12.4. The van der Waals surface area contributed by atoms with Gasteiger partial charge in [0.15, 0.2) is 0 Å². The minimum atomic E-state index is -3.79. The molecule has 0 spiro atoms. The first kappa shape index (κ1) is 17.9. The monoisotopic (exact) mass is 397 g/mol. The molecule has 0 unspecified atom stereocenters. The second-order valence-corrected chi connectivity index (χ2v) is 7.99. The Morgan fingerprint density at radius 2 is 1.64 bits per heavy atom. The van der Waals surface area contributed by atoms with Gasteiger partial charge in [0.2, 0.25) is 10.0 Å². The molecule has 8 heteroatoms. The summed E-state index contributed by atoms with van der Waals surface area (Å²) in [6, 6.07) is 7.67. The van der Waals surface area contributed by atoms with Crippen molar-refractivity contribution >= 4 is 56.4 Å². The molecule has 0 bridgehead atoms. The van der Waals surface area contributed by atoms with E-state index in [0.717, 1.165) is 0 Å². The summed E-state index contributed by atoms with van der Waals surface area (Å²) in [7, 11) is -3.79. The number of rotatable bonds is 4. The van der Waals surface area contributed by atoms with Gasteiger partial charge in [0, 0.05) is 21.6 Å². The molecule has 3 nitrogen and oxygen atoms in total. The van der Waals surface area contributed by atoms with Crippen LogP contribution in [0.25, 0.3) is 0 Å². The normalized spacial score (nSPS) is 11.7. The van der Waals surface area contributed by atoms with Crippen molar-refractivity contribution in [1.29, 1.82) is 0 Å². The van der Waals surface area contributed by atoms with E-state index in [9.17, 15) is 8.42 Å². The lowest BCUT2D eigenvalue weighted by atomic mass is 10.2. The molecule has 0 aliphatic rings. The molecule has 2 aromatic rings. The second-order valence-electron chi connectivity index (χ2n) is 4.59. The largest absolute Gasteiger partial charge is 0.242 e. The van der Waals surface area contributed by atoms with Gasteiger partial charge in [0.05, 0.1) is 5.02 Å². The Balaban J connectivity index is 2.27. The Labute approximate surface area is 149 Å². The van der Waals surface area contributed by atoms with Gasteiger partial charge in [0.1, 0.15) is 4.90 Å². The zero-order valence-electron chi connectivity index (χ0n) is 11.3. The van der Waals surface area contributed by atoms with E-state index in [-0.39, 0.29) is 16.5 Å². The number of halogens is 4. The Morgan fingerprint density at radius 3 is 2.27 bits per heavy atom. The van der Waals surface area contributed by atoms with Crippen molar-refractivity contribution < 1.29 is 8.42 Å². The standard InChI is InChI=1S/C14H11Cl4NO2S/c1-8-4-14(13(18)6-11(8)16)22(20,21)19-7-9-2-3-10(15)5-12(9)17/h2-6,19H,7H2,1H3. The van der Waals surface area contributed by atoms with Gasteiger partial charge in [-0.15, -0.1) is 0 Å². The van der Waals surface area contributed by atoms with Crippen LogP contribution in [-0.4, -0.2) is 8.42 Å². The zero-order chi connectivity index (χ0) is 16.5. The Morgan fingerprint density at radius 1 is 0.955 bits per heavy atom. The van der Waals surface area contributed by atoms with Crippen molar-refractivity contribution in [3.8, 4) is 0 Å². The molecule has 22 heavy (non-hydrogen) atoms. The van der Waals surface area contributed by atoms with Crippen LogP contribution in [0, 0.1) is 6.92 Å². The van der Waals surface area contributed by atoms with Crippen LogP contribution in [0.15, 0.2) is 35.2 Å². The molecule has 0 atom stereocenters. The van der Waals surface area contributed by atoms with E-state index >= 15 is 0 Å². The number of hydrogen-bond donors (Lipinski definition) is 1. The van der Waals surface area contributed by atoms with Gasteiger partial charge in [-0.1, -0.05) is 52.5 Å². The summed E-state index contributed by atoms with van der Waals surface area (Å²) >= 11 is 23.7. The van der Waals surface area contributed by atoms with E-state index in [4.69, 9.17) is 46.4 Å². The minimum Gasteiger partial charge on any atom is -0.207 e. The lowest BCUT2D eigenvalue weighted by molar-refractivity contribution is 0.581. The average molecular weight is 399 g/mol. The summed E-state index contributed by atoms with van der Waals surface area (Å²) in [5.74, 6) is 0. The minimum absolute atomic E-state index is 0.0241. The molecule has 0 aromatic heterocycles. The first-order valence-corrected chi connectivity index (χ1v) is 9.09. The molecule has 2 aromatic carbocycles. The number of hydrogen-bond acceptors (Lipinski definition) is 2. The molecule has 0 aliphatic carbocycles. The van der Waals surface area contributed by atoms with Crippen molar-refractivity contribution in [2.45, 2.75) is 18.4 Å². The predicted octanol–water partition coefficient (Wildman–Crippen LogP) is 5.09. The molecule has 0 saturated carbocycles. The van der Waals surface area contributed by atoms with Crippen molar-refractivity contribution in [2.75, 3.05) is 0 Å². The lowest BCUT2D eigenvalue weighted by Crippen LogP contribution is -2.23. The van der Waals surface area contributed by atoms with Gasteiger partial charge in [-0.3, -0.25) is 0 Å². The van der Waals surface area contributed by atoms with Crippen LogP contribution in [0.4, 0.5) is 0 Å². The molecule has 2 rings (SSSR count). The van der Waals surface area contributed by atoms with Crippen molar-refractivity contribution in [1.82, 2.24) is 4.72 Å². The average Bonchev–Trinajstić information content (AvgIpc) is 2.41. The smallest absolute Gasteiger partial charge is 0.207 e. The Kier molecular flexibility index (Phi) is 5.64. The molecule has 1 N–H and O–H groups in total. The van der Waals surface area contributed by atoms with Crippen molar-refractivity contribution in [3.63, 3.8) is 0 Å². The van der Waals surface area contributed by atoms with E-state index in [1.807, 2.05) is 0 Å². The van der Waals surface area contributed by atoms with E-state index < -0.39 is 10.0 Å². The van der Waals surface area contributed by atoms with Crippen LogP contribution >= 0.6 is 46.4 Å². The van der Waals surface area contributed by atoms with Gasteiger partial charge in [-0.25, -0.2) is 13.1 Å². The van der Waals surface area contributed by atoms with Crippen LogP contribution in [0.3, 0.4) is 0 Å². The van der Waals surface area contributed by atoms with E-state index in [1.54, 1.807) is 25.1 Å². The topological polar surface area (TPSA) is 46.2 Å². The summed E-state index contributed by atoms with van der Waals surface area (Å²) in [4.78, 5) is -0.0267. The molecule has 0 heterocycles. The fourth-order valence-electron chi connectivity index (χ4n) is 1.75. The Bertz CT molecular complexity index is 822. The lowest BCUT2D eigenvalue weighted by Gasteiger charge is -2.11. The summed E-state index contributed by atoms with van der Waals surface area (Å²) in [5.41, 5.74) is 1.23. The highest BCUT2D eigenvalue weighted by atomic mass is 35.5. The Hall–Kier alpha value is -0.490. The van der Waals surface area contributed by atoms with Gasteiger partial charge < -0.3 is 0 Å². The van der Waals surface area contributed by atoms with Gasteiger partial charge in [-0.05, 0) is 42.3 Å². The summed E-state index contributed by atoms with van der Waals surface area (Å²) in [6.45, 7) is 1.73. The highest BCUT2D eigenvalue weighted by Gasteiger charge is 2.19.